The summed E-state index contributed by atoms with van der Waals surface area (Å²) in [5.74, 6) is 1.78. The molecule has 2 fully saturated rings. The second-order valence-electron chi connectivity index (χ2n) is 6.17. The van der Waals surface area contributed by atoms with Gasteiger partial charge >= 0.3 is 0 Å². The Hall–Kier alpha value is -0.830. The van der Waals surface area contributed by atoms with Gasteiger partial charge in [-0.25, -0.2) is 0 Å². The normalized spacial score (nSPS) is 26.2. The average molecular weight is 434 g/mol. The minimum absolute atomic E-state index is 0. The number of guanidine groups is 1. The van der Waals surface area contributed by atoms with Gasteiger partial charge in [0.25, 0.3) is 0 Å². The predicted molar refractivity (Wildman–Crippen MR) is 101 cm³/mol. The summed E-state index contributed by atoms with van der Waals surface area (Å²) in [6.45, 7) is 7.60. The van der Waals surface area contributed by atoms with Crippen LogP contribution in [-0.4, -0.2) is 42.5 Å². The van der Waals surface area contributed by atoms with E-state index in [0.717, 1.165) is 43.3 Å². The predicted octanol–water partition coefficient (Wildman–Crippen LogP) is 2.33. The van der Waals surface area contributed by atoms with Gasteiger partial charge in [0.2, 0.25) is 0 Å². The summed E-state index contributed by atoms with van der Waals surface area (Å²) < 4.78 is 11.1. The SMILES string of the molecule is CCNC(=NCCc1c(C)noc1C)NC1CC2CCC1O2.I. The number of halogens is 1. The number of ether oxygens (including phenoxy) is 1. The van der Waals surface area contributed by atoms with E-state index in [1.165, 1.54) is 18.4 Å². The molecular weight excluding hydrogens is 407 g/mol. The molecule has 3 heterocycles. The standard InChI is InChI=1S/C16H26N4O2.HI/c1-4-17-16(19-14-9-12-5-6-15(14)21-12)18-8-7-13-10(2)20-22-11(13)3;/h12,14-15H,4-9H2,1-3H3,(H2,17,18,19);1H. The van der Waals surface area contributed by atoms with E-state index >= 15 is 0 Å². The van der Waals surface area contributed by atoms with Gasteiger partial charge in [-0.2, -0.15) is 0 Å². The number of aryl methyl sites for hydroxylation is 2. The summed E-state index contributed by atoms with van der Waals surface area (Å²) >= 11 is 0. The lowest BCUT2D eigenvalue weighted by Gasteiger charge is -2.22. The third kappa shape index (κ3) is 4.37. The summed E-state index contributed by atoms with van der Waals surface area (Å²) in [4.78, 5) is 4.69. The fourth-order valence-corrected chi connectivity index (χ4v) is 3.42. The molecule has 2 N–H and O–H groups in total. The highest BCUT2D eigenvalue weighted by Crippen LogP contribution is 2.34. The molecule has 2 aliphatic heterocycles. The molecule has 1 aromatic rings. The van der Waals surface area contributed by atoms with Crippen molar-refractivity contribution in [3.05, 3.63) is 17.0 Å². The van der Waals surface area contributed by atoms with Gasteiger partial charge < -0.3 is 19.9 Å². The molecule has 3 unspecified atom stereocenters. The Labute approximate surface area is 154 Å². The first kappa shape index (κ1) is 18.5. The first-order valence-corrected chi connectivity index (χ1v) is 8.29. The van der Waals surface area contributed by atoms with Gasteiger partial charge in [0.1, 0.15) is 5.76 Å². The van der Waals surface area contributed by atoms with Crippen LogP contribution in [0.15, 0.2) is 9.52 Å². The van der Waals surface area contributed by atoms with E-state index in [-0.39, 0.29) is 24.0 Å². The lowest BCUT2D eigenvalue weighted by atomic mass is 9.96. The molecule has 2 saturated heterocycles. The maximum atomic E-state index is 5.89. The second kappa shape index (κ2) is 8.32. The van der Waals surface area contributed by atoms with Gasteiger partial charge in [0, 0.05) is 18.7 Å². The van der Waals surface area contributed by atoms with Crippen LogP contribution in [0.4, 0.5) is 0 Å². The number of aromatic nitrogens is 1. The second-order valence-corrected chi connectivity index (χ2v) is 6.17. The Bertz CT molecular complexity index is 527. The molecular formula is C16H27IN4O2. The molecule has 0 amide bonds. The van der Waals surface area contributed by atoms with E-state index < -0.39 is 0 Å². The Morgan fingerprint density at radius 3 is 2.74 bits per heavy atom. The molecule has 3 atom stereocenters. The van der Waals surface area contributed by atoms with Gasteiger partial charge in [-0.05, 0) is 46.5 Å². The van der Waals surface area contributed by atoms with Gasteiger partial charge in [-0.1, -0.05) is 5.16 Å². The molecule has 1 aromatic heterocycles. The van der Waals surface area contributed by atoms with Crippen LogP contribution in [0, 0.1) is 13.8 Å². The van der Waals surface area contributed by atoms with Gasteiger partial charge in [-0.15, -0.1) is 24.0 Å². The number of nitrogens with one attached hydrogen (secondary N) is 2. The molecule has 130 valence electrons. The zero-order chi connectivity index (χ0) is 15.5. The number of fused-ring (bicyclic) bond motifs is 2. The number of hydrogen-bond donors (Lipinski definition) is 2. The lowest BCUT2D eigenvalue weighted by molar-refractivity contribution is 0.0992. The third-order valence-electron chi connectivity index (χ3n) is 4.59. The summed E-state index contributed by atoms with van der Waals surface area (Å²) in [5, 5.41) is 10.8. The largest absolute Gasteiger partial charge is 0.373 e. The quantitative estimate of drug-likeness (QED) is 0.423. The van der Waals surface area contributed by atoms with Crippen molar-refractivity contribution in [1.29, 1.82) is 0 Å². The molecule has 3 rings (SSSR count). The number of aliphatic imine (C=N–C) groups is 1. The molecule has 0 saturated carbocycles. The number of nitrogens with zero attached hydrogens (tertiary/aromatic N) is 2. The topological polar surface area (TPSA) is 71.7 Å². The van der Waals surface area contributed by atoms with E-state index in [9.17, 15) is 0 Å². The maximum Gasteiger partial charge on any atom is 0.191 e. The maximum absolute atomic E-state index is 5.89. The van der Waals surface area contributed by atoms with Crippen LogP contribution in [0.3, 0.4) is 0 Å². The monoisotopic (exact) mass is 434 g/mol. The van der Waals surface area contributed by atoms with Crippen LogP contribution in [0.1, 0.15) is 43.2 Å². The number of rotatable bonds is 5. The Balaban J connectivity index is 0.00000192. The molecule has 2 bridgehead atoms. The summed E-state index contributed by atoms with van der Waals surface area (Å²) in [7, 11) is 0. The van der Waals surface area contributed by atoms with Crippen LogP contribution >= 0.6 is 24.0 Å². The molecule has 0 spiro atoms. The van der Waals surface area contributed by atoms with E-state index in [0.29, 0.717) is 18.2 Å². The first-order valence-electron chi connectivity index (χ1n) is 8.29. The van der Waals surface area contributed by atoms with Crippen molar-refractivity contribution in [2.24, 2.45) is 4.99 Å². The van der Waals surface area contributed by atoms with E-state index in [4.69, 9.17) is 9.26 Å². The van der Waals surface area contributed by atoms with Gasteiger partial charge in [0.05, 0.1) is 23.9 Å². The zero-order valence-corrected chi connectivity index (χ0v) is 16.4. The van der Waals surface area contributed by atoms with Crippen molar-refractivity contribution in [3.63, 3.8) is 0 Å². The van der Waals surface area contributed by atoms with Crippen molar-refractivity contribution >= 4 is 29.9 Å². The van der Waals surface area contributed by atoms with E-state index in [2.05, 4.69) is 27.7 Å². The Morgan fingerprint density at radius 1 is 1.35 bits per heavy atom. The first-order chi connectivity index (χ1) is 10.7. The Kier molecular flexibility index (Phi) is 6.70. The summed E-state index contributed by atoms with van der Waals surface area (Å²) in [6.07, 6.45) is 5.14. The minimum atomic E-state index is 0. The molecule has 0 aliphatic carbocycles. The van der Waals surface area contributed by atoms with Gasteiger partial charge in [0.15, 0.2) is 5.96 Å². The van der Waals surface area contributed by atoms with Crippen molar-refractivity contribution in [1.82, 2.24) is 15.8 Å². The van der Waals surface area contributed by atoms with Crippen LogP contribution in [0.25, 0.3) is 0 Å². The number of hydrogen-bond acceptors (Lipinski definition) is 4. The van der Waals surface area contributed by atoms with Crippen molar-refractivity contribution in [2.45, 2.75) is 64.7 Å². The highest BCUT2D eigenvalue weighted by atomic mass is 127. The average Bonchev–Trinajstić information content (AvgIpc) is 3.18. The van der Waals surface area contributed by atoms with E-state index in [1.54, 1.807) is 0 Å². The van der Waals surface area contributed by atoms with Crippen LogP contribution in [-0.2, 0) is 11.2 Å². The van der Waals surface area contributed by atoms with Crippen molar-refractivity contribution in [3.8, 4) is 0 Å². The molecule has 2 aliphatic rings. The fourth-order valence-electron chi connectivity index (χ4n) is 3.42. The molecule has 6 nitrogen and oxygen atoms in total. The summed E-state index contributed by atoms with van der Waals surface area (Å²) in [5.41, 5.74) is 2.13. The molecule has 23 heavy (non-hydrogen) atoms. The lowest BCUT2D eigenvalue weighted by Crippen LogP contribution is -2.47. The molecule has 0 aromatic carbocycles. The highest BCUT2D eigenvalue weighted by Gasteiger charge is 2.41. The van der Waals surface area contributed by atoms with Crippen LogP contribution < -0.4 is 10.6 Å². The Morgan fingerprint density at radius 2 is 2.17 bits per heavy atom. The van der Waals surface area contributed by atoms with Crippen LogP contribution in [0.5, 0.6) is 0 Å². The van der Waals surface area contributed by atoms with Crippen LogP contribution in [0.2, 0.25) is 0 Å². The van der Waals surface area contributed by atoms with Crippen molar-refractivity contribution < 1.29 is 9.26 Å². The molecule has 0 radical (unpaired) electrons. The highest BCUT2D eigenvalue weighted by molar-refractivity contribution is 14.0. The van der Waals surface area contributed by atoms with E-state index in [1.807, 2.05) is 13.8 Å². The third-order valence-corrected chi connectivity index (χ3v) is 4.59. The van der Waals surface area contributed by atoms with Gasteiger partial charge in [-0.3, -0.25) is 4.99 Å². The smallest absolute Gasteiger partial charge is 0.191 e. The molecule has 7 heteroatoms. The minimum Gasteiger partial charge on any atom is -0.373 e. The fraction of sp³-hybridized carbons (Fsp3) is 0.750. The summed E-state index contributed by atoms with van der Waals surface area (Å²) in [6, 6.07) is 0.399. The van der Waals surface area contributed by atoms with Crippen molar-refractivity contribution in [2.75, 3.05) is 13.1 Å². The zero-order valence-electron chi connectivity index (χ0n) is 14.1.